The minimum Gasteiger partial charge on any atom is -0.377 e. The predicted octanol–water partition coefficient (Wildman–Crippen LogP) is 4.28. The van der Waals surface area contributed by atoms with E-state index in [0.29, 0.717) is 22.3 Å². The molecular formula is C24H24N2O2. The molecule has 0 radical (unpaired) electrons. The Morgan fingerprint density at radius 2 is 0.857 bits per heavy atom. The first kappa shape index (κ1) is 19.4. The van der Waals surface area contributed by atoms with E-state index in [-0.39, 0.29) is 11.6 Å². The van der Waals surface area contributed by atoms with Gasteiger partial charge >= 0.3 is 0 Å². The number of rotatable bonds is 6. The lowest BCUT2D eigenvalue weighted by Gasteiger charge is -2.17. The molecule has 0 N–H and O–H groups in total. The number of ketones is 2. The second-order valence-corrected chi connectivity index (χ2v) is 7.06. The van der Waals surface area contributed by atoms with E-state index in [2.05, 4.69) is 0 Å². The Morgan fingerprint density at radius 1 is 0.536 bits per heavy atom. The summed E-state index contributed by atoms with van der Waals surface area (Å²) in [6.07, 6.45) is 0. The van der Waals surface area contributed by atoms with Gasteiger partial charge in [0.1, 0.15) is 0 Å². The van der Waals surface area contributed by atoms with Crippen molar-refractivity contribution in [3.63, 3.8) is 0 Å². The monoisotopic (exact) mass is 372 g/mol. The molecule has 3 aromatic carbocycles. The molecule has 0 heterocycles. The van der Waals surface area contributed by atoms with Crippen molar-refractivity contribution < 1.29 is 9.59 Å². The number of anilines is 2. The van der Waals surface area contributed by atoms with Crippen LogP contribution in [0.25, 0.3) is 0 Å². The maximum atomic E-state index is 12.9. The minimum atomic E-state index is -0.0583. The van der Waals surface area contributed by atoms with E-state index >= 15 is 0 Å². The lowest BCUT2D eigenvalue weighted by atomic mass is 9.97. The Morgan fingerprint density at radius 3 is 1.18 bits per heavy atom. The summed E-state index contributed by atoms with van der Waals surface area (Å²) in [6.45, 7) is 0. The number of benzene rings is 3. The van der Waals surface area contributed by atoms with Gasteiger partial charge in [-0.2, -0.15) is 0 Å². The molecule has 0 aliphatic carbocycles. The first-order chi connectivity index (χ1) is 13.4. The standard InChI is InChI=1S/C24H24N2O2/c1-25(2)21-11-7-5-9-19(21)23(27)17-13-15-18(16-14-17)24(28)20-10-6-8-12-22(20)26(3)4/h5-16H,1-4H3. The Hall–Kier alpha value is -3.40. The highest BCUT2D eigenvalue weighted by Crippen LogP contribution is 2.24. The molecule has 4 heteroatoms. The van der Waals surface area contributed by atoms with Gasteiger partial charge in [-0.15, -0.1) is 0 Å². The number of hydrogen-bond acceptors (Lipinski definition) is 4. The first-order valence-corrected chi connectivity index (χ1v) is 9.12. The quantitative estimate of drug-likeness (QED) is 0.606. The van der Waals surface area contributed by atoms with E-state index in [1.807, 2.05) is 86.5 Å². The van der Waals surface area contributed by atoms with Crippen LogP contribution in [0, 0.1) is 0 Å². The maximum absolute atomic E-state index is 12.9. The molecule has 28 heavy (non-hydrogen) atoms. The van der Waals surface area contributed by atoms with Gasteiger partial charge in [0.05, 0.1) is 0 Å². The zero-order valence-electron chi connectivity index (χ0n) is 16.6. The minimum absolute atomic E-state index is 0.0583. The molecule has 4 nitrogen and oxygen atoms in total. The number of para-hydroxylation sites is 2. The van der Waals surface area contributed by atoms with Crippen molar-refractivity contribution in [2.45, 2.75) is 0 Å². The van der Waals surface area contributed by atoms with Gasteiger partial charge in [-0.1, -0.05) is 48.5 Å². The molecule has 3 aromatic rings. The number of nitrogens with zero attached hydrogens (tertiary/aromatic N) is 2. The molecule has 0 aliphatic heterocycles. The fraction of sp³-hybridized carbons (Fsp3) is 0.167. The lowest BCUT2D eigenvalue weighted by molar-refractivity contribution is 0.102. The number of hydrogen-bond donors (Lipinski definition) is 0. The molecule has 0 bridgehead atoms. The summed E-state index contributed by atoms with van der Waals surface area (Å²) < 4.78 is 0. The van der Waals surface area contributed by atoms with E-state index in [9.17, 15) is 9.59 Å². The molecule has 0 saturated carbocycles. The second-order valence-electron chi connectivity index (χ2n) is 7.06. The Balaban J connectivity index is 1.91. The van der Waals surface area contributed by atoms with Crippen molar-refractivity contribution >= 4 is 22.9 Å². The van der Waals surface area contributed by atoms with Crippen LogP contribution in [0.5, 0.6) is 0 Å². The summed E-state index contributed by atoms with van der Waals surface area (Å²) >= 11 is 0. The average molecular weight is 372 g/mol. The van der Waals surface area contributed by atoms with Gasteiger partial charge in [-0.25, -0.2) is 0 Å². The van der Waals surface area contributed by atoms with Crippen molar-refractivity contribution in [1.82, 2.24) is 0 Å². The van der Waals surface area contributed by atoms with Crippen LogP contribution in [-0.4, -0.2) is 39.8 Å². The smallest absolute Gasteiger partial charge is 0.195 e. The molecule has 0 fully saturated rings. The van der Waals surface area contributed by atoms with Crippen molar-refractivity contribution in [2.24, 2.45) is 0 Å². The van der Waals surface area contributed by atoms with Crippen LogP contribution >= 0.6 is 0 Å². The van der Waals surface area contributed by atoms with E-state index in [4.69, 9.17) is 0 Å². The SMILES string of the molecule is CN(C)c1ccccc1C(=O)c1ccc(C(=O)c2ccccc2N(C)C)cc1. The highest BCUT2D eigenvalue weighted by Gasteiger charge is 2.17. The molecule has 3 rings (SSSR count). The first-order valence-electron chi connectivity index (χ1n) is 9.12. The largest absolute Gasteiger partial charge is 0.377 e. The predicted molar refractivity (Wildman–Crippen MR) is 115 cm³/mol. The Labute approximate surface area is 166 Å². The van der Waals surface area contributed by atoms with Crippen molar-refractivity contribution in [1.29, 1.82) is 0 Å². The topological polar surface area (TPSA) is 40.6 Å². The molecule has 0 saturated heterocycles. The van der Waals surface area contributed by atoms with Gasteiger partial charge < -0.3 is 9.80 Å². The summed E-state index contributed by atoms with van der Waals surface area (Å²) in [6, 6.07) is 21.9. The van der Waals surface area contributed by atoms with Gasteiger partial charge in [-0.3, -0.25) is 9.59 Å². The van der Waals surface area contributed by atoms with Crippen molar-refractivity contribution in [2.75, 3.05) is 38.0 Å². The van der Waals surface area contributed by atoms with Gasteiger partial charge in [0.25, 0.3) is 0 Å². The van der Waals surface area contributed by atoms with E-state index in [1.165, 1.54) is 0 Å². The third-order valence-corrected chi connectivity index (χ3v) is 4.67. The summed E-state index contributed by atoms with van der Waals surface area (Å²) in [5.41, 5.74) is 4.15. The summed E-state index contributed by atoms with van der Waals surface area (Å²) in [4.78, 5) is 29.7. The molecule has 0 aromatic heterocycles. The average Bonchev–Trinajstić information content (AvgIpc) is 2.72. The second kappa shape index (κ2) is 8.09. The van der Waals surface area contributed by atoms with Gasteiger partial charge in [0, 0.05) is 61.8 Å². The van der Waals surface area contributed by atoms with Crippen molar-refractivity contribution in [3.05, 3.63) is 95.1 Å². The van der Waals surface area contributed by atoms with Crippen LogP contribution in [0.2, 0.25) is 0 Å². The van der Waals surface area contributed by atoms with Crippen LogP contribution in [0.3, 0.4) is 0 Å². The van der Waals surface area contributed by atoms with Gasteiger partial charge in [0.2, 0.25) is 0 Å². The highest BCUT2D eigenvalue weighted by molar-refractivity contribution is 6.15. The highest BCUT2D eigenvalue weighted by atomic mass is 16.1. The number of carbonyl (C=O) groups is 2. The third kappa shape index (κ3) is 3.81. The summed E-state index contributed by atoms with van der Waals surface area (Å²) in [5.74, 6) is -0.117. The van der Waals surface area contributed by atoms with Gasteiger partial charge in [0.15, 0.2) is 11.6 Å². The molecule has 0 atom stereocenters. The number of carbonyl (C=O) groups excluding carboxylic acids is 2. The molecule has 142 valence electrons. The van der Waals surface area contributed by atoms with E-state index in [0.717, 1.165) is 11.4 Å². The fourth-order valence-corrected chi connectivity index (χ4v) is 3.20. The van der Waals surface area contributed by atoms with Crippen LogP contribution in [0.15, 0.2) is 72.8 Å². The third-order valence-electron chi connectivity index (χ3n) is 4.67. The normalized spacial score (nSPS) is 10.4. The fourth-order valence-electron chi connectivity index (χ4n) is 3.20. The Bertz CT molecular complexity index is 923. The zero-order chi connectivity index (χ0) is 20.3. The molecular weight excluding hydrogens is 348 g/mol. The van der Waals surface area contributed by atoms with Crippen LogP contribution in [-0.2, 0) is 0 Å². The van der Waals surface area contributed by atoms with Gasteiger partial charge in [-0.05, 0) is 24.3 Å². The zero-order valence-corrected chi connectivity index (χ0v) is 16.6. The summed E-state index contributed by atoms with van der Waals surface area (Å²) in [5, 5.41) is 0. The molecule has 0 spiro atoms. The van der Waals surface area contributed by atoms with Crippen LogP contribution < -0.4 is 9.80 Å². The van der Waals surface area contributed by atoms with Crippen LogP contribution in [0.4, 0.5) is 11.4 Å². The molecule has 0 amide bonds. The maximum Gasteiger partial charge on any atom is 0.195 e. The van der Waals surface area contributed by atoms with E-state index < -0.39 is 0 Å². The van der Waals surface area contributed by atoms with E-state index in [1.54, 1.807) is 24.3 Å². The lowest BCUT2D eigenvalue weighted by Crippen LogP contribution is -2.15. The molecule has 0 aliphatic rings. The Kier molecular flexibility index (Phi) is 5.59. The molecule has 0 unspecified atom stereocenters. The van der Waals surface area contributed by atoms with Crippen LogP contribution in [0.1, 0.15) is 31.8 Å². The van der Waals surface area contributed by atoms with Crippen molar-refractivity contribution in [3.8, 4) is 0 Å². The summed E-state index contributed by atoms with van der Waals surface area (Å²) in [7, 11) is 7.65.